The van der Waals surface area contributed by atoms with Gasteiger partial charge in [-0.15, -0.1) is 10.2 Å². The van der Waals surface area contributed by atoms with Gasteiger partial charge in [-0.25, -0.2) is 8.42 Å². The lowest BCUT2D eigenvalue weighted by atomic mass is 10.0. The number of hydrogen-bond donors (Lipinski definition) is 1. The molecule has 1 fully saturated rings. The topological polar surface area (TPSA) is 87.7 Å². The average Bonchev–Trinajstić information content (AvgIpc) is 2.85. The van der Waals surface area contributed by atoms with Crippen LogP contribution in [0.2, 0.25) is 0 Å². The second-order valence-corrected chi connectivity index (χ2v) is 10.7. The lowest BCUT2D eigenvalue weighted by molar-refractivity contribution is 0.312. The fraction of sp³-hybridized carbons (Fsp3) is 0.385. The normalized spacial score (nSPS) is 14.8. The monoisotopic (exact) mass is 495 g/mol. The smallest absolute Gasteiger partial charge is 0.265 e. The Morgan fingerprint density at radius 1 is 0.971 bits per heavy atom. The Bertz CT molecular complexity index is 1240. The molecule has 0 amide bonds. The van der Waals surface area contributed by atoms with Gasteiger partial charge < -0.3 is 14.5 Å². The van der Waals surface area contributed by atoms with Crippen LogP contribution in [0.5, 0.6) is 5.75 Å². The van der Waals surface area contributed by atoms with Gasteiger partial charge in [-0.05, 0) is 61.9 Å². The summed E-state index contributed by atoms with van der Waals surface area (Å²) >= 11 is 0. The van der Waals surface area contributed by atoms with Crippen molar-refractivity contribution in [2.24, 2.45) is 0 Å². The van der Waals surface area contributed by atoms with Crippen LogP contribution < -0.4 is 14.4 Å². The van der Waals surface area contributed by atoms with Gasteiger partial charge in [0.05, 0.1) is 12.3 Å². The largest absolute Gasteiger partial charge is 0.492 e. The molecular formula is C26H33N5O3S. The van der Waals surface area contributed by atoms with Crippen molar-refractivity contribution in [3.63, 3.8) is 0 Å². The zero-order valence-corrected chi connectivity index (χ0v) is 21.5. The molecule has 0 spiro atoms. The van der Waals surface area contributed by atoms with E-state index in [2.05, 4.69) is 31.8 Å². The van der Waals surface area contributed by atoms with Crippen molar-refractivity contribution in [3.05, 3.63) is 60.2 Å². The standard InChI is InChI=1S/C26H33N5O3S/c1-5-34-24-12-8-21(19(2)3)18-25(24)35(32,33)29-22-9-6-20(7-10-22)23-11-13-26(28-27-23)31-16-14-30(4)15-17-31/h6-13,18-19,29H,5,14-17H2,1-4H3. The molecule has 0 radical (unpaired) electrons. The predicted octanol–water partition coefficient (Wildman–Crippen LogP) is 4.22. The van der Waals surface area contributed by atoms with Gasteiger partial charge in [-0.2, -0.15) is 0 Å². The molecular weight excluding hydrogens is 462 g/mol. The molecule has 8 nitrogen and oxygen atoms in total. The van der Waals surface area contributed by atoms with Crippen LogP contribution in [0.1, 0.15) is 32.3 Å². The van der Waals surface area contributed by atoms with Crippen molar-refractivity contribution >= 4 is 21.5 Å². The molecule has 3 aromatic rings. The average molecular weight is 496 g/mol. The highest BCUT2D eigenvalue weighted by Gasteiger charge is 2.21. The summed E-state index contributed by atoms with van der Waals surface area (Å²) in [7, 11) is -1.71. The molecule has 0 aliphatic carbocycles. The van der Waals surface area contributed by atoms with E-state index >= 15 is 0 Å². The third kappa shape index (κ3) is 5.91. The number of ether oxygens (including phenoxy) is 1. The Morgan fingerprint density at radius 2 is 1.69 bits per heavy atom. The van der Waals surface area contributed by atoms with E-state index in [1.165, 1.54) is 0 Å². The van der Waals surface area contributed by atoms with Crippen molar-refractivity contribution in [2.45, 2.75) is 31.6 Å². The highest BCUT2D eigenvalue weighted by atomic mass is 32.2. The first-order valence-corrected chi connectivity index (χ1v) is 13.4. The Hall–Kier alpha value is -3.17. The fourth-order valence-corrected chi connectivity index (χ4v) is 5.21. The number of hydrogen-bond acceptors (Lipinski definition) is 7. The Labute approximate surface area is 208 Å². The third-order valence-electron chi connectivity index (χ3n) is 6.13. The van der Waals surface area contributed by atoms with Crippen molar-refractivity contribution in [3.8, 4) is 17.0 Å². The number of nitrogens with one attached hydrogen (secondary N) is 1. The highest BCUT2D eigenvalue weighted by Crippen LogP contribution is 2.30. The van der Waals surface area contributed by atoms with E-state index in [9.17, 15) is 8.42 Å². The van der Waals surface area contributed by atoms with Crippen LogP contribution in [0.4, 0.5) is 11.5 Å². The number of piperazine rings is 1. The van der Waals surface area contributed by atoms with Crippen LogP contribution in [-0.4, -0.2) is 63.3 Å². The quantitative estimate of drug-likeness (QED) is 0.501. The maximum Gasteiger partial charge on any atom is 0.265 e. The predicted molar refractivity (Wildman–Crippen MR) is 140 cm³/mol. The number of benzene rings is 2. The molecule has 2 heterocycles. The highest BCUT2D eigenvalue weighted by molar-refractivity contribution is 7.92. The van der Waals surface area contributed by atoms with Gasteiger partial charge in [0.25, 0.3) is 10.0 Å². The minimum atomic E-state index is -3.83. The van der Waals surface area contributed by atoms with Gasteiger partial charge in [0.1, 0.15) is 10.6 Å². The van der Waals surface area contributed by atoms with Gasteiger partial charge in [0, 0.05) is 37.4 Å². The van der Waals surface area contributed by atoms with Crippen LogP contribution in [0.15, 0.2) is 59.5 Å². The Balaban J connectivity index is 1.50. The minimum absolute atomic E-state index is 0.139. The van der Waals surface area contributed by atoms with Gasteiger partial charge in [0.2, 0.25) is 0 Å². The molecule has 2 aromatic carbocycles. The number of nitrogens with zero attached hydrogens (tertiary/aromatic N) is 4. The van der Waals surface area contributed by atoms with E-state index in [1.54, 1.807) is 24.3 Å². The number of anilines is 2. The molecule has 0 saturated carbocycles. The van der Waals surface area contributed by atoms with Crippen molar-refractivity contribution < 1.29 is 13.2 Å². The fourth-order valence-electron chi connectivity index (χ4n) is 3.97. The molecule has 0 atom stereocenters. The summed E-state index contributed by atoms with van der Waals surface area (Å²) in [4.78, 5) is 4.67. The molecule has 9 heteroatoms. The first-order chi connectivity index (χ1) is 16.8. The molecule has 0 unspecified atom stereocenters. The van der Waals surface area contributed by atoms with Gasteiger partial charge in [-0.3, -0.25) is 4.72 Å². The van der Waals surface area contributed by atoms with E-state index in [-0.39, 0.29) is 10.8 Å². The van der Waals surface area contributed by atoms with Crippen LogP contribution in [-0.2, 0) is 10.0 Å². The first kappa shape index (κ1) is 24.9. The molecule has 186 valence electrons. The van der Waals surface area contributed by atoms with Crippen molar-refractivity contribution in [2.75, 3.05) is 49.5 Å². The molecule has 1 aliphatic rings. The van der Waals surface area contributed by atoms with Crippen LogP contribution in [0.3, 0.4) is 0 Å². The first-order valence-electron chi connectivity index (χ1n) is 11.9. The summed E-state index contributed by atoms with van der Waals surface area (Å²) in [6, 6.07) is 16.4. The number of likely N-dealkylation sites (N-methyl/N-ethyl adjacent to an activating group) is 1. The summed E-state index contributed by atoms with van der Waals surface area (Å²) in [5.74, 6) is 1.42. The van der Waals surface area contributed by atoms with E-state index in [0.717, 1.165) is 48.8 Å². The van der Waals surface area contributed by atoms with Crippen LogP contribution >= 0.6 is 0 Å². The molecule has 1 saturated heterocycles. The van der Waals surface area contributed by atoms with E-state index in [1.807, 2.05) is 51.1 Å². The number of aromatic nitrogens is 2. The number of rotatable bonds is 8. The number of sulfonamides is 1. The summed E-state index contributed by atoms with van der Waals surface area (Å²) in [5.41, 5.74) is 3.00. The minimum Gasteiger partial charge on any atom is -0.492 e. The second-order valence-electron chi connectivity index (χ2n) is 9.04. The van der Waals surface area contributed by atoms with Gasteiger partial charge >= 0.3 is 0 Å². The summed E-state index contributed by atoms with van der Waals surface area (Å²) in [5, 5.41) is 8.80. The molecule has 1 N–H and O–H groups in total. The molecule has 35 heavy (non-hydrogen) atoms. The molecule has 1 aromatic heterocycles. The summed E-state index contributed by atoms with van der Waals surface area (Å²) in [6.45, 7) is 10.2. The van der Waals surface area contributed by atoms with Crippen LogP contribution in [0, 0.1) is 0 Å². The zero-order valence-electron chi connectivity index (χ0n) is 20.7. The summed E-state index contributed by atoms with van der Waals surface area (Å²) in [6.07, 6.45) is 0. The molecule has 4 rings (SSSR count). The Kier molecular flexibility index (Phi) is 7.57. The third-order valence-corrected chi connectivity index (χ3v) is 7.54. The van der Waals surface area contributed by atoms with E-state index in [4.69, 9.17) is 4.74 Å². The van der Waals surface area contributed by atoms with Crippen molar-refractivity contribution in [1.82, 2.24) is 15.1 Å². The van der Waals surface area contributed by atoms with Gasteiger partial charge in [0.15, 0.2) is 5.82 Å². The van der Waals surface area contributed by atoms with Crippen LogP contribution in [0.25, 0.3) is 11.3 Å². The lowest BCUT2D eigenvalue weighted by Gasteiger charge is -2.32. The zero-order chi connectivity index (χ0) is 25.0. The van der Waals surface area contributed by atoms with Crippen molar-refractivity contribution in [1.29, 1.82) is 0 Å². The van der Waals surface area contributed by atoms with E-state index < -0.39 is 10.0 Å². The summed E-state index contributed by atoms with van der Waals surface area (Å²) < 4.78 is 34.7. The Morgan fingerprint density at radius 3 is 2.29 bits per heavy atom. The van der Waals surface area contributed by atoms with Gasteiger partial charge in [-0.1, -0.05) is 32.0 Å². The SMILES string of the molecule is CCOc1ccc(C(C)C)cc1S(=O)(=O)Nc1ccc(-c2ccc(N3CCN(C)CC3)nn2)cc1. The maximum atomic E-state index is 13.2. The lowest BCUT2D eigenvalue weighted by Crippen LogP contribution is -2.44. The maximum absolute atomic E-state index is 13.2. The molecule has 1 aliphatic heterocycles. The van der Waals surface area contributed by atoms with E-state index in [0.29, 0.717) is 18.0 Å². The second kappa shape index (κ2) is 10.6. The molecule has 0 bridgehead atoms.